The van der Waals surface area contributed by atoms with E-state index >= 15 is 0 Å². The molecule has 1 aliphatic carbocycles. The summed E-state index contributed by atoms with van der Waals surface area (Å²) in [5, 5.41) is 0. The number of nitrogens with zero attached hydrogens (tertiary/aromatic N) is 2. The zero-order valence-electron chi connectivity index (χ0n) is 9.10. The molecule has 0 N–H and O–H groups in total. The smallest absolute Gasteiger partial charge is 0.238 e. The van der Waals surface area contributed by atoms with Gasteiger partial charge in [-0.05, 0) is 31.4 Å². The topological polar surface area (TPSA) is 50.3 Å². The van der Waals surface area contributed by atoms with Crippen LogP contribution in [0, 0.1) is 11.8 Å². The van der Waals surface area contributed by atoms with Crippen molar-refractivity contribution in [2.24, 2.45) is 11.8 Å². The Morgan fingerprint density at radius 1 is 1.24 bits per heavy atom. The number of amides is 2. The first kappa shape index (κ1) is 10.9. The lowest BCUT2D eigenvalue weighted by molar-refractivity contribution is -0.133. The van der Waals surface area contributed by atoms with E-state index in [2.05, 4.69) is 20.9 Å². The van der Waals surface area contributed by atoms with Gasteiger partial charge in [-0.1, -0.05) is 15.9 Å². The molecule has 2 aliphatic rings. The molecule has 2 unspecified atom stereocenters. The third-order valence-corrected chi connectivity index (χ3v) is 4.00. The lowest BCUT2D eigenvalue weighted by atomic mass is 9.97. The van der Waals surface area contributed by atoms with Gasteiger partial charge in [-0.2, -0.15) is 0 Å². The van der Waals surface area contributed by atoms with Gasteiger partial charge in [-0.25, -0.2) is 9.88 Å². The summed E-state index contributed by atoms with van der Waals surface area (Å²) in [7, 11) is 0. The Morgan fingerprint density at radius 3 is 2.47 bits per heavy atom. The van der Waals surface area contributed by atoms with Crippen molar-refractivity contribution >= 4 is 33.6 Å². The molecule has 0 aromatic carbocycles. The summed E-state index contributed by atoms with van der Waals surface area (Å²) in [4.78, 5) is 29.7. The molecule has 4 nitrogen and oxygen atoms in total. The molecule has 1 aromatic heterocycles. The predicted octanol–water partition coefficient (Wildman–Crippen LogP) is 2.13. The van der Waals surface area contributed by atoms with Crippen LogP contribution >= 0.6 is 15.9 Å². The molecule has 2 bridgehead atoms. The number of hydrogen-bond acceptors (Lipinski definition) is 3. The van der Waals surface area contributed by atoms with Gasteiger partial charge in [0.05, 0.1) is 0 Å². The summed E-state index contributed by atoms with van der Waals surface area (Å²) in [6, 6.07) is 3.48. The molecule has 2 heterocycles. The minimum Gasteiger partial charge on any atom is -0.274 e. The molecular formula is C12H11BrN2O2. The van der Waals surface area contributed by atoms with Crippen LogP contribution in [0.5, 0.6) is 0 Å². The minimum atomic E-state index is -0.0886. The standard InChI is InChI=1S/C12H11BrN2O2/c13-9-3-4-14-10(6-9)15-11(16)7-1-2-8(5-7)12(15)17/h3-4,6-8H,1-2,5H2. The monoisotopic (exact) mass is 294 g/mol. The van der Waals surface area contributed by atoms with Crippen LogP contribution in [0.3, 0.4) is 0 Å². The molecule has 1 aromatic rings. The van der Waals surface area contributed by atoms with Crippen molar-refractivity contribution in [2.45, 2.75) is 19.3 Å². The Labute approximate surface area is 107 Å². The molecule has 0 radical (unpaired) electrons. The van der Waals surface area contributed by atoms with E-state index in [0.29, 0.717) is 5.82 Å². The Morgan fingerprint density at radius 2 is 1.88 bits per heavy atom. The highest BCUT2D eigenvalue weighted by Gasteiger charge is 2.46. The fourth-order valence-electron chi connectivity index (χ4n) is 2.65. The molecule has 17 heavy (non-hydrogen) atoms. The zero-order chi connectivity index (χ0) is 12.0. The second-order valence-corrected chi connectivity index (χ2v) is 5.47. The summed E-state index contributed by atoms with van der Waals surface area (Å²) in [5.41, 5.74) is 0. The van der Waals surface area contributed by atoms with Crippen LogP contribution in [0.25, 0.3) is 0 Å². The zero-order valence-corrected chi connectivity index (χ0v) is 10.7. The van der Waals surface area contributed by atoms with Crippen molar-refractivity contribution in [3.8, 4) is 0 Å². The van der Waals surface area contributed by atoms with Gasteiger partial charge in [-0.3, -0.25) is 9.59 Å². The fourth-order valence-corrected chi connectivity index (χ4v) is 2.97. The number of aromatic nitrogens is 1. The van der Waals surface area contributed by atoms with Gasteiger partial charge in [0.25, 0.3) is 0 Å². The summed E-state index contributed by atoms with van der Waals surface area (Å²) in [5.74, 6) is 0.284. The highest BCUT2D eigenvalue weighted by atomic mass is 79.9. The molecule has 1 saturated carbocycles. The first-order chi connectivity index (χ1) is 8.16. The van der Waals surface area contributed by atoms with Gasteiger partial charge < -0.3 is 0 Å². The Bertz CT molecular complexity index is 481. The quantitative estimate of drug-likeness (QED) is 0.746. The second kappa shape index (κ2) is 3.91. The Balaban J connectivity index is 2.02. The van der Waals surface area contributed by atoms with Crippen LogP contribution < -0.4 is 4.90 Å². The highest BCUT2D eigenvalue weighted by molar-refractivity contribution is 9.10. The van der Waals surface area contributed by atoms with Gasteiger partial charge in [0, 0.05) is 22.5 Å². The number of halogens is 1. The first-order valence-electron chi connectivity index (χ1n) is 5.66. The van der Waals surface area contributed by atoms with Crippen molar-refractivity contribution in [2.75, 3.05) is 4.90 Å². The van der Waals surface area contributed by atoms with Crippen LogP contribution in [0.15, 0.2) is 22.8 Å². The maximum absolute atomic E-state index is 12.2. The summed E-state index contributed by atoms with van der Waals surface area (Å²) >= 11 is 3.33. The van der Waals surface area contributed by atoms with Crippen molar-refractivity contribution in [1.82, 2.24) is 4.98 Å². The number of pyridine rings is 1. The van der Waals surface area contributed by atoms with Crippen LogP contribution in [-0.4, -0.2) is 16.8 Å². The fraction of sp³-hybridized carbons (Fsp3) is 0.417. The molecule has 5 heteroatoms. The molecule has 2 amide bonds. The van der Waals surface area contributed by atoms with E-state index in [4.69, 9.17) is 0 Å². The molecular weight excluding hydrogens is 284 g/mol. The minimum absolute atomic E-state index is 0.0125. The number of rotatable bonds is 1. The summed E-state index contributed by atoms with van der Waals surface area (Å²) < 4.78 is 0.820. The van der Waals surface area contributed by atoms with E-state index < -0.39 is 0 Å². The molecule has 2 fully saturated rings. The largest absolute Gasteiger partial charge is 0.274 e. The van der Waals surface area contributed by atoms with Crippen molar-refractivity contribution in [3.63, 3.8) is 0 Å². The van der Waals surface area contributed by atoms with Gasteiger partial charge in [0.1, 0.15) is 5.82 Å². The average molecular weight is 295 g/mol. The lowest BCUT2D eigenvalue weighted by Gasteiger charge is -2.28. The summed E-state index contributed by atoms with van der Waals surface area (Å²) in [6.07, 6.45) is 3.98. The maximum Gasteiger partial charge on any atom is 0.238 e. The third-order valence-electron chi connectivity index (χ3n) is 3.51. The van der Waals surface area contributed by atoms with Gasteiger partial charge in [0.15, 0.2) is 0 Å². The number of anilines is 1. The van der Waals surface area contributed by atoms with E-state index in [9.17, 15) is 9.59 Å². The van der Waals surface area contributed by atoms with Gasteiger partial charge in [-0.15, -0.1) is 0 Å². The number of imide groups is 1. The third kappa shape index (κ3) is 1.69. The van der Waals surface area contributed by atoms with Crippen molar-refractivity contribution < 1.29 is 9.59 Å². The van der Waals surface area contributed by atoms with Gasteiger partial charge >= 0.3 is 0 Å². The summed E-state index contributed by atoms with van der Waals surface area (Å²) in [6.45, 7) is 0. The van der Waals surface area contributed by atoms with E-state index in [1.165, 1.54) is 4.90 Å². The molecule has 0 spiro atoms. The number of carbonyl (C=O) groups is 2. The lowest BCUT2D eigenvalue weighted by Crippen LogP contribution is -2.46. The number of fused-ring (bicyclic) bond motifs is 2. The number of hydrogen-bond donors (Lipinski definition) is 0. The Hall–Kier alpha value is -1.23. The highest BCUT2D eigenvalue weighted by Crippen LogP contribution is 2.39. The molecule has 88 valence electrons. The second-order valence-electron chi connectivity index (χ2n) is 4.55. The average Bonchev–Trinajstić information content (AvgIpc) is 2.74. The normalized spacial score (nSPS) is 27.7. The number of carbonyl (C=O) groups excluding carboxylic acids is 2. The van der Waals surface area contributed by atoms with Crippen LogP contribution in [0.4, 0.5) is 5.82 Å². The molecule has 1 aliphatic heterocycles. The van der Waals surface area contributed by atoms with E-state index in [0.717, 1.165) is 23.7 Å². The van der Waals surface area contributed by atoms with Crippen LogP contribution in [0.1, 0.15) is 19.3 Å². The Kier molecular flexibility index (Phi) is 2.50. The van der Waals surface area contributed by atoms with E-state index in [1.54, 1.807) is 18.3 Å². The molecule has 3 rings (SSSR count). The van der Waals surface area contributed by atoms with Crippen LogP contribution in [0.2, 0.25) is 0 Å². The van der Waals surface area contributed by atoms with Crippen molar-refractivity contribution in [1.29, 1.82) is 0 Å². The van der Waals surface area contributed by atoms with E-state index in [1.807, 2.05) is 0 Å². The van der Waals surface area contributed by atoms with Crippen LogP contribution in [-0.2, 0) is 9.59 Å². The predicted molar refractivity (Wildman–Crippen MR) is 65.3 cm³/mol. The maximum atomic E-state index is 12.2. The van der Waals surface area contributed by atoms with Gasteiger partial charge in [0.2, 0.25) is 11.8 Å². The number of piperidine rings is 1. The SMILES string of the molecule is O=C1C2CCC(C2)C(=O)N1c1cc(Br)ccn1. The van der Waals surface area contributed by atoms with E-state index in [-0.39, 0.29) is 23.7 Å². The molecule has 2 atom stereocenters. The first-order valence-corrected chi connectivity index (χ1v) is 6.45. The molecule has 1 saturated heterocycles. The van der Waals surface area contributed by atoms with Crippen molar-refractivity contribution in [3.05, 3.63) is 22.8 Å².